The molecule has 122 valence electrons. The molecule has 3 fully saturated rings. The van der Waals surface area contributed by atoms with Crippen LogP contribution in [0.4, 0.5) is 0 Å². The van der Waals surface area contributed by atoms with E-state index >= 15 is 0 Å². The van der Waals surface area contributed by atoms with Crippen LogP contribution in [0.25, 0.3) is 11.1 Å². The molecule has 3 aliphatic rings. The van der Waals surface area contributed by atoms with Crippen molar-refractivity contribution in [2.45, 2.75) is 25.4 Å². The lowest BCUT2D eigenvalue weighted by Crippen LogP contribution is -2.56. The molecule has 3 aliphatic heterocycles. The Balaban J connectivity index is 1.55. The number of fused-ring (bicyclic) bond motifs is 3. The molecule has 24 heavy (non-hydrogen) atoms. The van der Waals surface area contributed by atoms with Crippen LogP contribution in [0.15, 0.2) is 36.4 Å². The maximum atomic E-state index is 12.7. The van der Waals surface area contributed by atoms with Crippen LogP contribution in [0, 0.1) is 17.2 Å². The lowest BCUT2D eigenvalue weighted by molar-refractivity contribution is 0.0296. The van der Waals surface area contributed by atoms with Crippen molar-refractivity contribution in [1.82, 2.24) is 10.2 Å². The van der Waals surface area contributed by atoms with Crippen molar-refractivity contribution in [2.75, 3.05) is 13.1 Å². The lowest BCUT2D eigenvalue weighted by Gasteiger charge is -2.45. The fourth-order valence-corrected chi connectivity index (χ4v) is 4.64. The molecule has 4 heterocycles. The highest BCUT2D eigenvalue weighted by molar-refractivity contribution is 7.15. The van der Waals surface area contributed by atoms with Crippen LogP contribution < -0.4 is 5.32 Å². The topological polar surface area (TPSA) is 56.1 Å². The fraction of sp³-hybridized carbons (Fsp3) is 0.368. The van der Waals surface area contributed by atoms with Crippen molar-refractivity contribution in [3.63, 3.8) is 0 Å². The SMILES string of the molecule is N#Cc1sc(C(=O)NC2CC3CCN2CC3)cc1-c1ccccc1. The molecule has 1 N–H and O–H groups in total. The van der Waals surface area contributed by atoms with Gasteiger partial charge >= 0.3 is 0 Å². The second-order valence-corrected chi connectivity index (χ2v) is 7.59. The standard InChI is InChI=1S/C19H19N3OS/c20-12-17-15(14-4-2-1-3-5-14)11-16(24-17)19(23)21-18-10-13-6-8-22(18)9-7-13/h1-5,11,13,18H,6-10H2,(H,21,23). The zero-order valence-electron chi connectivity index (χ0n) is 13.4. The third kappa shape index (κ3) is 2.83. The maximum Gasteiger partial charge on any atom is 0.262 e. The monoisotopic (exact) mass is 337 g/mol. The Morgan fingerprint density at radius 3 is 2.62 bits per heavy atom. The average molecular weight is 337 g/mol. The molecule has 0 spiro atoms. The molecule has 5 heteroatoms. The maximum absolute atomic E-state index is 12.7. The average Bonchev–Trinajstić information content (AvgIpc) is 3.08. The molecule has 5 rings (SSSR count). The second-order valence-electron chi connectivity index (χ2n) is 6.54. The van der Waals surface area contributed by atoms with Crippen molar-refractivity contribution in [3.05, 3.63) is 46.2 Å². The zero-order valence-corrected chi connectivity index (χ0v) is 14.2. The molecule has 4 nitrogen and oxygen atoms in total. The number of thiophene rings is 1. The minimum absolute atomic E-state index is 0.0590. The Labute approximate surface area is 145 Å². The Morgan fingerprint density at radius 1 is 1.25 bits per heavy atom. The number of rotatable bonds is 3. The summed E-state index contributed by atoms with van der Waals surface area (Å²) >= 11 is 1.28. The van der Waals surface area contributed by atoms with Gasteiger partial charge in [0.05, 0.1) is 11.0 Å². The molecular formula is C19H19N3OS. The molecule has 2 aromatic rings. The van der Waals surface area contributed by atoms with E-state index in [0.29, 0.717) is 9.75 Å². The smallest absolute Gasteiger partial charge is 0.262 e. The quantitative estimate of drug-likeness (QED) is 0.933. The number of carbonyl (C=O) groups is 1. The van der Waals surface area contributed by atoms with Crippen molar-refractivity contribution >= 4 is 17.2 Å². The lowest BCUT2D eigenvalue weighted by atomic mass is 9.86. The first-order valence-electron chi connectivity index (χ1n) is 8.39. The van der Waals surface area contributed by atoms with Crippen molar-refractivity contribution in [2.24, 2.45) is 5.92 Å². The normalized spacial score (nSPS) is 25.2. The van der Waals surface area contributed by atoms with Gasteiger partial charge in [-0.1, -0.05) is 30.3 Å². The van der Waals surface area contributed by atoms with E-state index in [1.165, 1.54) is 24.2 Å². The highest BCUT2D eigenvalue weighted by atomic mass is 32.1. The van der Waals surface area contributed by atoms with Gasteiger partial charge in [-0.2, -0.15) is 5.26 Å². The van der Waals surface area contributed by atoms with E-state index in [1.807, 2.05) is 36.4 Å². The summed E-state index contributed by atoms with van der Waals surface area (Å²) in [7, 11) is 0. The molecule has 1 aromatic heterocycles. The summed E-state index contributed by atoms with van der Waals surface area (Å²) in [5.74, 6) is 0.689. The number of hydrogen-bond donors (Lipinski definition) is 1. The van der Waals surface area contributed by atoms with Crippen LogP contribution >= 0.6 is 11.3 Å². The first kappa shape index (κ1) is 15.4. The summed E-state index contributed by atoms with van der Waals surface area (Å²) in [6.07, 6.45) is 3.70. The van der Waals surface area contributed by atoms with Crippen LogP contribution in [-0.2, 0) is 0 Å². The predicted molar refractivity (Wildman–Crippen MR) is 94.6 cm³/mol. The second kappa shape index (κ2) is 6.39. The van der Waals surface area contributed by atoms with Crippen LogP contribution in [0.1, 0.15) is 33.8 Å². The van der Waals surface area contributed by atoms with Gasteiger partial charge in [-0.05, 0) is 36.8 Å². The number of hydrogen-bond acceptors (Lipinski definition) is 4. The van der Waals surface area contributed by atoms with E-state index in [-0.39, 0.29) is 12.1 Å². The van der Waals surface area contributed by atoms with Crippen LogP contribution in [0.2, 0.25) is 0 Å². The number of nitriles is 1. The molecule has 2 bridgehead atoms. The molecule has 1 unspecified atom stereocenters. The van der Waals surface area contributed by atoms with Crippen LogP contribution in [-0.4, -0.2) is 30.1 Å². The number of benzene rings is 1. The highest BCUT2D eigenvalue weighted by Gasteiger charge is 2.34. The molecule has 0 aliphatic carbocycles. The first-order chi connectivity index (χ1) is 11.7. The summed E-state index contributed by atoms with van der Waals surface area (Å²) < 4.78 is 0. The molecule has 1 aromatic carbocycles. The van der Waals surface area contributed by atoms with E-state index < -0.39 is 0 Å². The molecule has 1 amide bonds. The van der Waals surface area contributed by atoms with Gasteiger partial charge in [0.15, 0.2) is 0 Å². The Morgan fingerprint density at radius 2 is 2.00 bits per heavy atom. The minimum atomic E-state index is -0.0590. The first-order valence-corrected chi connectivity index (χ1v) is 9.20. The number of nitrogens with one attached hydrogen (secondary N) is 1. The third-order valence-electron chi connectivity index (χ3n) is 5.09. The number of amides is 1. The van der Waals surface area contributed by atoms with Crippen LogP contribution in [0.5, 0.6) is 0 Å². The van der Waals surface area contributed by atoms with E-state index in [9.17, 15) is 10.1 Å². The fourth-order valence-electron chi connectivity index (χ4n) is 3.76. The van der Waals surface area contributed by atoms with Gasteiger partial charge in [0.2, 0.25) is 0 Å². The number of nitrogens with zero attached hydrogens (tertiary/aromatic N) is 2. The molecular weight excluding hydrogens is 318 g/mol. The van der Waals surface area contributed by atoms with Crippen molar-refractivity contribution in [3.8, 4) is 17.2 Å². The third-order valence-corrected chi connectivity index (χ3v) is 6.12. The van der Waals surface area contributed by atoms with Gasteiger partial charge in [-0.3, -0.25) is 9.69 Å². The Kier molecular flexibility index (Phi) is 4.09. The molecule has 1 atom stereocenters. The summed E-state index contributed by atoms with van der Waals surface area (Å²) in [6.45, 7) is 2.16. The van der Waals surface area contributed by atoms with Crippen LogP contribution in [0.3, 0.4) is 0 Å². The Hall–Kier alpha value is -2.16. The zero-order chi connectivity index (χ0) is 16.5. The summed E-state index contributed by atoms with van der Waals surface area (Å²) in [4.78, 5) is 16.2. The van der Waals surface area contributed by atoms with Gasteiger partial charge in [-0.25, -0.2) is 0 Å². The minimum Gasteiger partial charge on any atom is -0.336 e. The summed E-state index contributed by atoms with van der Waals surface area (Å²) in [6, 6.07) is 13.9. The van der Waals surface area contributed by atoms with E-state index in [0.717, 1.165) is 36.6 Å². The molecule has 3 saturated heterocycles. The van der Waals surface area contributed by atoms with Gasteiger partial charge in [-0.15, -0.1) is 11.3 Å². The van der Waals surface area contributed by atoms with Gasteiger partial charge in [0, 0.05) is 18.7 Å². The summed E-state index contributed by atoms with van der Waals surface area (Å²) in [5.41, 5.74) is 1.82. The summed E-state index contributed by atoms with van der Waals surface area (Å²) in [5, 5.41) is 12.6. The van der Waals surface area contributed by atoms with Gasteiger partial charge < -0.3 is 5.32 Å². The number of carbonyl (C=O) groups excluding carboxylic acids is 1. The van der Waals surface area contributed by atoms with E-state index in [1.54, 1.807) is 0 Å². The molecule has 0 radical (unpaired) electrons. The molecule has 0 saturated carbocycles. The Bertz CT molecular complexity index is 785. The largest absolute Gasteiger partial charge is 0.336 e. The number of piperidine rings is 3. The van der Waals surface area contributed by atoms with E-state index in [2.05, 4.69) is 16.3 Å². The predicted octanol–water partition coefficient (Wildman–Crippen LogP) is 3.46. The van der Waals surface area contributed by atoms with Crippen molar-refractivity contribution in [1.29, 1.82) is 5.26 Å². The van der Waals surface area contributed by atoms with Gasteiger partial charge in [0.25, 0.3) is 5.91 Å². The van der Waals surface area contributed by atoms with Crippen molar-refractivity contribution < 1.29 is 4.79 Å². The van der Waals surface area contributed by atoms with E-state index in [4.69, 9.17) is 0 Å². The highest BCUT2D eigenvalue weighted by Crippen LogP contribution is 2.33. The van der Waals surface area contributed by atoms with Gasteiger partial charge in [0.1, 0.15) is 10.9 Å².